The molecule has 0 saturated carbocycles. The Hall–Kier alpha value is -0.710. The fourth-order valence-electron chi connectivity index (χ4n) is 1.25. The topological polar surface area (TPSA) is 17.8 Å². The molecular formula is C8H10ClF3N2. The third-order valence-electron chi connectivity index (χ3n) is 1.99. The normalized spacial score (nSPS) is 12.1. The van der Waals surface area contributed by atoms with Crippen molar-refractivity contribution in [1.82, 2.24) is 9.78 Å². The molecule has 0 atom stereocenters. The van der Waals surface area contributed by atoms with Gasteiger partial charge in [0.15, 0.2) is 0 Å². The Morgan fingerprint density at radius 3 is 2.29 bits per heavy atom. The van der Waals surface area contributed by atoms with E-state index in [0.29, 0.717) is 17.0 Å². The van der Waals surface area contributed by atoms with E-state index in [4.69, 9.17) is 11.6 Å². The van der Waals surface area contributed by atoms with Crippen molar-refractivity contribution in [1.29, 1.82) is 0 Å². The van der Waals surface area contributed by atoms with Crippen molar-refractivity contribution in [3.05, 3.63) is 17.0 Å². The molecule has 1 heterocycles. The van der Waals surface area contributed by atoms with Crippen LogP contribution >= 0.6 is 11.6 Å². The van der Waals surface area contributed by atoms with Crippen LogP contribution in [0, 0.1) is 13.8 Å². The highest BCUT2D eigenvalue weighted by Gasteiger charge is 2.29. The molecule has 0 fully saturated rings. The van der Waals surface area contributed by atoms with Crippen LogP contribution < -0.4 is 0 Å². The molecule has 0 spiro atoms. The van der Waals surface area contributed by atoms with Crippen LogP contribution in [0.2, 0.25) is 0 Å². The molecule has 1 aromatic rings. The van der Waals surface area contributed by atoms with E-state index in [9.17, 15) is 13.2 Å². The molecule has 0 aromatic carbocycles. The summed E-state index contributed by atoms with van der Waals surface area (Å²) in [6.45, 7) is 2.18. The summed E-state index contributed by atoms with van der Waals surface area (Å²) in [5, 5.41) is 3.78. The van der Waals surface area contributed by atoms with Gasteiger partial charge in [-0.2, -0.15) is 18.3 Å². The average molecular weight is 227 g/mol. The molecule has 0 bridgehead atoms. The number of hydrogen-bond donors (Lipinski definition) is 0. The Morgan fingerprint density at radius 1 is 1.36 bits per heavy atom. The second-order valence-corrected chi connectivity index (χ2v) is 3.32. The number of halogens is 4. The van der Waals surface area contributed by atoms with Crippen molar-refractivity contribution in [3.8, 4) is 0 Å². The summed E-state index contributed by atoms with van der Waals surface area (Å²) in [6, 6.07) is 0. The second kappa shape index (κ2) is 3.81. The molecule has 0 unspecified atom stereocenters. The van der Waals surface area contributed by atoms with Crippen LogP contribution in [-0.2, 0) is 12.4 Å². The molecule has 1 rings (SSSR count). The van der Waals surface area contributed by atoms with Crippen molar-refractivity contribution in [2.24, 2.45) is 0 Å². The predicted molar refractivity (Wildman–Crippen MR) is 47.3 cm³/mol. The minimum absolute atomic E-state index is 0.190. The van der Waals surface area contributed by atoms with Gasteiger partial charge in [-0.1, -0.05) is 0 Å². The zero-order chi connectivity index (χ0) is 10.9. The maximum atomic E-state index is 12.1. The predicted octanol–water partition coefficient (Wildman–Crippen LogP) is 2.80. The second-order valence-electron chi connectivity index (χ2n) is 3.06. The maximum absolute atomic E-state index is 12.1. The SMILES string of the molecule is Cc1nn(CC(F)(F)F)c(C)c1CCl. The standard InChI is InChI=1S/C8H10ClF3N2/c1-5-7(3-9)6(2)14(13-5)4-8(10,11)12/h3-4H2,1-2H3. The molecule has 1 aromatic heterocycles. The van der Waals surface area contributed by atoms with Crippen LogP contribution in [0.3, 0.4) is 0 Å². The van der Waals surface area contributed by atoms with Gasteiger partial charge in [0.05, 0.1) is 11.6 Å². The molecule has 0 aliphatic carbocycles. The fraction of sp³-hybridized carbons (Fsp3) is 0.625. The summed E-state index contributed by atoms with van der Waals surface area (Å²) < 4.78 is 37.2. The van der Waals surface area contributed by atoms with E-state index in [-0.39, 0.29) is 5.88 Å². The van der Waals surface area contributed by atoms with E-state index in [1.807, 2.05) is 0 Å². The van der Waals surface area contributed by atoms with Crippen LogP contribution in [-0.4, -0.2) is 16.0 Å². The molecule has 0 radical (unpaired) electrons. The zero-order valence-electron chi connectivity index (χ0n) is 7.82. The number of aromatic nitrogens is 2. The van der Waals surface area contributed by atoms with Gasteiger partial charge in [-0.05, 0) is 13.8 Å². The number of rotatable bonds is 2. The van der Waals surface area contributed by atoms with E-state index < -0.39 is 12.7 Å². The van der Waals surface area contributed by atoms with Crippen molar-refractivity contribution in [3.63, 3.8) is 0 Å². The minimum Gasteiger partial charge on any atom is -0.260 e. The smallest absolute Gasteiger partial charge is 0.260 e. The Balaban J connectivity index is 3.00. The first-order valence-corrected chi connectivity index (χ1v) is 4.54. The summed E-state index contributed by atoms with van der Waals surface area (Å²) in [6.07, 6.45) is -4.24. The van der Waals surface area contributed by atoms with Crippen LogP contribution in [0.15, 0.2) is 0 Å². The number of alkyl halides is 4. The quantitative estimate of drug-likeness (QED) is 0.709. The fourth-order valence-corrected chi connectivity index (χ4v) is 1.64. The molecule has 14 heavy (non-hydrogen) atoms. The Kier molecular flexibility index (Phi) is 3.09. The Morgan fingerprint density at radius 2 is 1.93 bits per heavy atom. The lowest BCUT2D eigenvalue weighted by molar-refractivity contribution is -0.142. The zero-order valence-corrected chi connectivity index (χ0v) is 8.58. The van der Waals surface area contributed by atoms with Crippen molar-refractivity contribution in [2.75, 3.05) is 0 Å². The molecular weight excluding hydrogens is 217 g/mol. The number of aryl methyl sites for hydroxylation is 1. The molecule has 0 amide bonds. The average Bonchev–Trinajstić information content (AvgIpc) is 2.24. The molecule has 0 aliphatic heterocycles. The Labute approximate surface area is 84.7 Å². The monoisotopic (exact) mass is 226 g/mol. The highest BCUT2D eigenvalue weighted by Crippen LogP contribution is 2.21. The van der Waals surface area contributed by atoms with Crippen LogP contribution in [0.5, 0.6) is 0 Å². The minimum atomic E-state index is -4.24. The summed E-state index contributed by atoms with van der Waals surface area (Å²) in [7, 11) is 0. The van der Waals surface area contributed by atoms with Crippen molar-refractivity contribution >= 4 is 11.6 Å². The van der Waals surface area contributed by atoms with Gasteiger partial charge in [-0.3, -0.25) is 4.68 Å². The maximum Gasteiger partial charge on any atom is 0.408 e. The molecule has 0 aliphatic rings. The van der Waals surface area contributed by atoms with Gasteiger partial charge in [-0.25, -0.2) is 0 Å². The van der Waals surface area contributed by atoms with Gasteiger partial charge in [0.25, 0.3) is 0 Å². The van der Waals surface area contributed by atoms with Gasteiger partial charge in [0, 0.05) is 11.3 Å². The molecule has 0 saturated heterocycles. The molecule has 6 heteroatoms. The lowest BCUT2D eigenvalue weighted by Crippen LogP contribution is -2.19. The van der Waals surface area contributed by atoms with Crippen LogP contribution in [0.25, 0.3) is 0 Å². The van der Waals surface area contributed by atoms with E-state index >= 15 is 0 Å². The van der Waals surface area contributed by atoms with Crippen LogP contribution in [0.1, 0.15) is 17.0 Å². The largest absolute Gasteiger partial charge is 0.408 e. The number of hydrogen-bond acceptors (Lipinski definition) is 1. The van der Waals surface area contributed by atoms with E-state index in [1.165, 1.54) is 0 Å². The van der Waals surface area contributed by atoms with Gasteiger partial charge in [0.1, 0.15) is 6.54 Å². The summed E-state index contributed by atoms with van der Waals surface area (Å²) in [5.41, 5.74) is 1.72. The van der Waals surface area contributed by atoms with Gasteiger partial charge in [0.2, 0.25) is 0 Å². The van der Waals surface area contributed by atoms with E-state index in [0.717, 1.165) is 4.68 Å². The third-order valence-corrected chi connectivity index (χ3v) is 2.26. The highest BCUT2D eigenvalue weighted by atomic mass is 35.5. The lowest BCUT2D eigenvalue weighted by Gasteiger charge is -2.07. The third kappa shape index (κ3) is 2.41. The first-order valence-electron chi connectivity index (χ1n) is 4.00. The van der Waals surface area contributed by atoms with Gasteiger partial charge in [-0.15, -0.1) is 11.6 Å². The van der Waals surface area contributed by atoms with Gasteiger partial charge < -0.3 is 0 Å². The van der Waals surface area contributed by atoms with Gasteiger partial charge >= 0.3 is 6.18 Å². The molecule has 2 nitrogen and oxygen atoms in total. The summed E-state index contributed by atoms with van der Waals surface area (Å²) in [4.78, 5) is 0. The number of nitrogens with zero attached hydrogens (tertiary/aromatic N) is 2. The molecule has 80 valence electrons. The highest BCUT2D eigenvalue weighted by molar-refractivity contribution is 6.17. The Bertz CT molecular complexity index is 330. The first kappa shape index (κ1) is 11.4. The summed E-state index contributed by atoms with van der Waals surface area (Å²) in [5.74, 6) is 0.190. The van der Waals surface area contributed by atoms with Crippen molar-refractivity contribution < 1.29 is 13.2 Å². The lowest BCUT2D eigenvalue weighted by atomic mass is 10.2. The molecule has 0 N–H and O–H groups in total. The van der Waals surface area contributed by atoms with E-state index in [1.54, 1.807) is 13.8 Å². The van der Waals surface area contributed by atoms with E-state index in [2.05, 4.69) is 5.10 Å². The summed E-state index contributed by atoms with van der Waals surface area (Å²) >= 11 is 5.59. The van der Waals surface area contributed by atoms with Crippen molar-refractivity contribution in [2.45, 2.75) is 32.4 Å². The van der Waals surface area contributed by atoms with Crippen LogP contribution in [0.4, 0.5) is 13.2 Å². The first-order chi connectivity index (χ1) is 6.35.